The third kappa shape index (κ3) is 4.64. The zero-order valence-electron chi connectivity index (χ0n) is 32.9. The van der Waals surface area contributed by atoms with E-state index in [0.717, 1.165) is 28.6 Å². The Morgan fingerprint density at radius 2 is 0.741 bits per heavy atom. The highest BCUT2D eigenvalue weighted by molar-refractivity contribution is 8.33. The monoisotopic (exact) mass is 783 g/mol. The lowest BCUT2D eigenvalue weighted by Gasteiger charge is -2.36. The zero-order valence-corrected chi connectivity index (χ0v) is 34.5. The topological polar surface area (TPSA) is 12.5 Å². The summed E-state index contributed by atoms with van der Waals surface area (Å²) in [5.41, 5.74) is 13.7. The van der Waals surface area contributed by atoms with Crippen molar-refractivity contribution in [3.8, 4) is 56.0 Å². The minimum atomic E-state index is -1.39. The highest BCUT2D eigenvalue weighted by Crippen LogP contribution is 2.73. The van der Waals surface area contributed by atoms with Crippen LogP contribution in [0, 0.1) is 0 Å². The van der Waals surface area contributed by atoms with E-state index in [0.29, 0.717) is 0 Å². The third-order valence-corrected chi connectivity index (χ3v) is 18.5. The Morgan fingerprint density at radius 1 is 0.362 bits per heavy atom. The molecular formula is C54H41NOS2. The number of nitrogens with zero attached hydrogens (tertiary/aromatic N) is 1. The molecule has 3 aliphatic heterocycles. The fraction of sp³-hybridized carbons (Fsp3) is 0.0741. The van der Waals surface area contributed by atoms with E-state index in [1.54, 1.807) is 0 Å². The fourth-order valence-electron chi connectivity index (χ4n) is 9.96. The Kier molecular flexibility index (Phi) is 7.10. The summed E-state index contributed by atoms with van der Waals surface area (Å²) < 4.78 is 7.21. The van der Waals surface area contributed by atoms with E-state index in [-0.39, 0.29) is 0 Å². The highest BCUT2D eigenvalue weighted by Gasteiger charge is 2.40. The number of hydrogen-bond acceptors (Lipinski definition) is 2. The summed E-state index contributed by atoms with van der Waals surface area (Å²) in [5, 5.41) is 5.19. The van der Waals surface area contributed by atoms with Crippen LogP contribution in [0.25, 0.3) is 66.1 Å². The van der Waals surface area contributed by atoms with Gasteiger partial charge in [-0.25, -0.2) is 0 Å². The van der Waals surface area contributed by atoms with Gasteiger partial charge < -0.3 is 9.64 Å². The summed E-state index contributed by atoms with van der Waals surface area (Å²) >= 11 is 0. The number of benzene rings is 9. The van der Waals surface area contributed by atoms with Gasteiger partial charge >= 0.3 is 0 Å². The molecule has 0 fully saturated rings. The average molecular weight is 784 g/mol. The maximum atomic E-state index is 7.21. The first-order valence-electron chi connectivity index (χ1n) is 19.9. The quantitative estimate of drug-likeness (QED) is 0.177. The average Bonchev–Trinajstić information content (AvgIpc) is 3.62. The molecule has 0 bridgehead atoms. The lowest BCUT2D eigenvalue weighted by molar-refractivity contribution is 0.474. The molecular weight excluding hydrogens is 743 g/mol. The lowest BCUT2D eigenvalue weighted by atomic mass is 9.91. The molecule has 0 radical (unpaired) electrons. The molecule has 0 aliphatic carbocycles. The molecule has 0 saturated carbocycles. The molecule has 0 amide bonds. The molecule has 3 aliphatic rings. The van der Waals surface area contributed by atoms with Crippen molar-refractivity contribution in [1.82, 2.24) is 0 Å². The number of para-hydroxylation sites is 1. The highest BCUT2D eigenvalue weighted by atomic mass is 32.3. The minimum absolute atomic E-state index is 0.913. The molecule has 58 heavy (non-hydrogen) atoms. The van der Waals surface area contributed by atoms with Crippen LogP contribution in [-0.4, -0.2) is 25.0 Å². The number of hydrogen-bond donors (Lipinski definition) is 0. The van der Waals surface area contributed by atoms with Crippen molar-refractivity contribution < 1.29 is 4.74 Å². The zero-order chi connectivity index (χ0) is 38.9. The van der Waals surface area contributed by atoms with Crippen LogP contribution in [0.1, 0.15) is 0 Å². The third-order valence-electron chi connectivity index (χ3n) is 12.8. The Labute approximate surface area is 343 Å². The van der Waals surface area contributed by atoms with Gasteiger partial charge in [0.2, 0.25) is 0 Å². The van der Waals surface area contributed by atoms with E-state index in [2.05, 4.69) is 206 Å². The number of fused-ring (bicyclic) bond motifs is 12. The summed E-state index contributed by atoms with van der Waals surface area (Å²) in [6.07, 6.45) is 9.85. The first-order chi connectivity index (χ1) is 28.3. The van der Waals surface area contributed by atoms with Crippen LogP contribution in [0.2, 0.25) is 0 Å². The van der Waals surface area contributed by atoms with E-state index >= 15 is 0 Å². The van der Waals surface area contributed by atoms with Gasteiger partial charge in [0, 0.05) is 36.4 Å². The van der Waals surface area contributed by atoms with Crippen LogP contribution in [0.5, 0.6) is 11.5 Å². The first-order valence-corrected chi connectivity index (χ1v) is 24.8. The van der Waals surface area contributed by atoms with Gasteiger partial charge in [-0.15, -0.1) is 0 Å². The molecule has 0 aromatic heterocycles. The summed E-state index contributed by atoms with van der Waals surface area (Å²) in [5.74, 6) is 1.83. The van der Waals surface area contributed by atoms with Gasteiger partial charge in [0.05, 0.1) is 11.4 Å². The Bertz CT molecular complexity index is 2990. The summed E-state index contributed by atoms with van der Waals surface area (Å²) in [6, 6.07) is 65.2. The van der Waals surface area contributed by atoms with Crippen LogP contribution < -0.4 is 9.64 Å². The van der Waals surface area contributed by atoms with Crippen molar-refractivity contribution in [2.24, 2.45) is 0 Å². The van der Waals surface area contributed by atoms with E-state index in [1.165, 1.54) is 85.6 Å². The van der Waals surface area contributed by atoms with E-state index in [9.17, 15) is 0 Å². The van der Waals surface area contributed by atoms with E-state index < -0.39 is 20.1 Å². The van der Waals surface area contributed by atoms with Crippen LogP contribution in [0.3, 0.4) is 0 Å². The van der Waals surface area contributed by atoms with E-state index in [4.69, 9.17) is 4.74 Å². The predicted octanol–water partition coefficient (Wildman–Crippen LogP) is 15.8. The Hall–Kier alpha value is -6.20. The molecule has 0 unspecified atom stereocenters. The van der Waals surface area contributed by atoms with Gasteiger partial charge in [0.25, 0.3) is 0 Å². The van der Waals surface area contributed by atoms with Crippen LogP contribution in [0.4, 0.5) is 17.1 Å². The van der Waals surface area contributed by atoms with Gasteiger partial charge in [0.1, 0.15) is 0 Å². The van der Waals surface area contributed by atoms with Gasteiger partial charge in [-0.2, -0.15) is 20.1 Å². The maximum Gasteiger partial charge on any atom is 0.152 e. The second-order valence-electron chi connectivity index (χ2n) is 16.5. The lowest BCUT2D eigenvalue weighted by Crippen LogP contribution is -2.16. The molecule has 0 atom stereocenters. The van der Waals surface area contributed by atoms with Crippen molar-refractivity contribution in [2.75, 3.05) is 29.9 Å². The van der Waals surface area contributed by atoms with Crippen molar-refractivity contribution >= 4 is 58.7 Å². The largest absolute Gasteiger partial charge is 0.453 e. The molecule has 0 N–H and O–H groups in total. The molecule has 12 rings (SSSR count). The summed E-state index contributed by atoms with van der Waals surface area (Å²) in [6.45, 7) is 0. The van der Waals surface area contributed by atoms with Crippen molar-refractivity contribution in [3.05, 3.63) is 176 Å². The van der Waals surface area contributed by atoms with Crippen LogP contribution in [0.15, 0.2) is 196 Å². The molecule has 9 aromatic carbocycles. The maximum absolute atomic E-state index is 7.21. The van der Waals surface area contributed by atoms with Crippen molar-refractivity contribution in [3.63, 3.8) is 0 Å². The van der Waals surface area contributed by atoms with Crippen LogP contribution in [-0.2, 0) is 0 Å². The molecule has 9 aromatic rings. The Balaban J connectivity index is 1.10. The van der Waals surface area contributed by atoms with Gasteiger partial charge in [0.15, 0.2) is 11.5 Å². The normalized spacial score (nSPS) is 16.0. The fourth-order valence-corrected chi connectivity index (χ4v) is 14.9. The molecule has 2 nitrogen and oxygen atoms in total. The molecule has 280 valence electrons. The Morgan fingerprint density at radius 3 is 1.17 bits per heavy atom. The number of ether oxygens (including phenoxy) is 1. The molecule has 0 spiro atoms. The van der Waals surface area contributed by atoms with Crippen molar-refractivity contribution in [1.29, 1.82) is 0 Å². The van der Waals surface area contributed by atoms with Crippen molar-refractivity contribution in [2.45, 2.75) is 19.6 Å². The van der Waals surface area contributed by atoms with Gasteiger partial charge in [-0.1, -0.05) is 127 Å². The second-order valence-corrected chi connectivity index (χ2v) is 23.5. The van der Waals surface area contributed by atoms with Gasteiger partial charge in [-0.3, -0.25) is 0 Å². The van der Waals surface area contributed by atoms with Gasteiger partial charge in [-0.05, 0) is 128 Å². The summed E-state index contributed by atoms with van der Waals surface area (Å²) in [4.78, 5) is 8.10. The SMILES string of the molecule is CS1(C)c2cc3c(cc2-c2c1cc(-c1ccccc1)c1ccccc21)N(c1ccccc1)c1cc2c(cc1O3)S(C)(C)c1cc(-c3ccccc3)c3ccccc3c1-2. The van der Waals surface area contributed by atoms with E-state index in [1.807, 2.05) is 0 Å². The molecule has 3 heterocycles. The second kappa shape index (κ2) is 12.2. The molecule has 0 saturated heterocycles. The first kappa shape index (κ1) is 33.9. The summed E-state index contributed by atoms with van der Waals surface area (Å²) in [7, 11) is -2.77. The standard InChI is InChI=1S/C54H41NOS2/c1-57(2)49-32-47-45(28-43(49)53-39-26-16-14-24-37(39)41(30-51(53)57)34-18-8-5-9-19-34)55(36-22-12-7-13-23-36)46-29-44-50(33-48(46)56-47)58(3,4)52-31-42(35-20-10-6-11-21-35)38-25-15-17-27-40(38)54(44)52/h5-33H,1-4H3. The smallest absolute Gasteiger partial charge is 0.152 e. The predicted molar refractivity (Wildman–Crippen MR) is 250 cm³/mol. The van der Waals surface area contributed by atoms with Crippen LogP contribution >= 0.6 is 20.1 Å². The number of rotatable bonds is 3. The molecule has 4 heteroatoms. The minimum Gasteiger partial charge on any atom is -0.453 e. The number of anilines is 3.